The van der Waals surface area contributed by atoms with Gasteiger partial charge >= 0.3 is 0 Å². The van der Waals surface area contributed by atoms with E-state index in [9.17, 15) is 13.2 Å². The van der Waals surface area contributed by atoms with Crippen molar-refractivity contribution in [3.05, 3.63) is 89.5 Å². The Balaban J connectivity index is 1.84. The van der Waals surface area contributed by atoms with Gasteiger partial charge in [-0.25, -0.2) is 8.42 Å². The molecule has 3 aromatic carbocycles. The van der Waals surface area contributed by atoms with Crippen LogP contribution in [0.15, 0.2) is 77.7 Å². The molecule has 0 spiro atoms. The molecule has 27 heavy (non-hydrogen) atoms. The number of rotatable bonds is 5. The number of hydrogen-bond donors (Lipinski definition) is 2. The second-order valence-corrected chi connectivity index (χ2v) is 7.95. The topological polar surface area (TPSA) is 75.3 Å². The molecule has 0 aliphatic heterocycles. The molecule has 0 bridgehead atoms. The highest BCUT2D eigenvalue weighted by molar-refractivity contribution is 7.92. The second-order valence-electron chi connectivity index (χ2n) is 6.27. The van der Waals surface area contributed by atoms with Crippen molar-refractivity contribution in [2.24, 2.45) is 0 Å². The molecule has 0 saturated heterocycles. The smallest absolute Gasteiger partial charge is 0.261 e. The first kappa shape index (κ1) is 18.7. The molecular weight excluding hydrogens is 360 g/mol. The van der Waals surface area contributed by atoms with Gasteiger partial charge in [0.1, 0.15) is 0 Å². The fraction of sp³-hybridized carbons (Fsp3) is 0.0952. The fourth-order valence-electron chi connectivity index (χ4n) is 2.63. The maximum absolute atomic E-state index is 12.7. The van der Waals surface area contributed by atoms with E-state index in [4.69, 9.17) is 0 Å². The number of benzene rings is 3. The predicted octanol–water partition coefficient (Wildman–Crippen LogP) is 4.36. The Labute approximate surface area is 159 Å². The van der Waals surface area contributed by atoms with Crippen molar-refractivity contribution >= 4 is 27.3 Å². The van der Waals surface area contributed by atoms with Gasteiger partial charge in [0.25, 0.3) is 15.9 Å². The molecule has 0 fully saturated rings. The maximum atomic E-state index is 12.7. The summed E-state index contributed by atoms with van der Waals surface area (Å²) < 4.78 is 27.9. The van der Waals surface area contributed by atoms with Gasteiger partial charge in [-0.05, 0) is 61.4 Å². The Morgan fingerprint density at radius 3 is 2.33 bits per heavy atom. The number of amides is 1. The first-order valence-electron chi connectivity index (χ1n) is 8.42. The van der Waals surface area contributed by atoms with Crippen molar-refractivity contribution < 1.29 is 13.2 Å². The van der Waals surface area contributed by atoms with Gasteiger partial charge in [0, 0.05) is 16.9 Å². The Kier molecular flexibility index (Phi) is 5.28. The zero-order valence-corrected chi connectivity index (χ0v) is 15.9. The summed E-state index contributed by atoms with van der Waals surface area (Å²) in [6, 6.07) is 20.4. The molecular formula is C21H20N2O3S. The lowest BCUT2D eigenvalue weighted by molar-refractivity contribution is 0.102. The number of nitrogens with one attached hydrogen (secondary N) is 2. The monoisotopic (exact) mass is 380 g/mol. The summed E-state index contributed by atoms with van der Waals surface area (Å²) in [6.07, 6.45) is 0. The minimum Gasteiger partial charge on any atom is -0.322 e. The normalized spacial score (nSPS) is 11.0. The summed E-state index contributed by atoms with van der Waals surface area (Å²) in [5.74, 6) is -0.364. The quantitative estimate of drug-likeness (QED) is 0.691. The summed E-state index contributed by atoms with van der Waals surface area (Å²) >= 11 is 0. The lowest BCUT2D eigenvalue weighted by atomic mass is 10.1. The summed E-state index contributed by atoms with van der Waals surface area (Å²) in [5, 5.41) is 2.81. The molecule has 3 aromatic rings. The molecule has 5 nitrogen and oxygen atoms in total. The van der Waals surface area contributed by atoms with Gasteiger partial charge in [0.15, 0.2) is 0 Å². The van der Waals surface area contributed by atoms with Crippen molar-refractivity contribution in [3.63, 3.8) is 0 Å². The van der Waals surface area contributed by atoms with Crippen molar-refractivity contribution in [2.75, 3.05) is 10.0 Å². The first-order chi connectivity index (χ1) is 12.8. The van der Waals surface area contributed by atoms with Crippen LogP contribution in [-0.4, -0.2) is 14.3 Å². The van der Waals surface area contributed by atoms with E-state index in [1.54, 1.807) is 36.4 Å². The molecule has 0 aliphatic rings. The molecule has 0 atom stereocenters. The molecule has 138 valence electrons. The van der Waals surface area contributed by atoms with E-state index < -0.39 is 10.0 Å². The van der Waals surface area contributed by atoms with Crippen LogP contribution in [0.4, 0.5) is 11.4 Å². The lowest BCUT2D eigenvalue weighted by Crippen LogP contribution is -2.16. The van der Waals surface area contributed by atoms with Gasteiger partial charge in [-0.1, -0.05) is 36.4 Å². The summed E-state index contributed by atoms with van der Waals surface area (Å²) in [6.45, 7) is 3.77. The van der Waals surface area contributed by atoms with Crippen LogP contribution in [-0.2, 0) is 10.0 Å². The zero-order valence-electron chi connectivity index (χ0n) is 15.1. The minimum atomic E-state index is -3.80. The number of carbonyl (C=O) groups excluding carboxylic acids is 1. The zero-order chi connectivity index (χ0) is 19.4. The second kappa shape index (κ2) is 7.63. The molecule has 2 N–H and O–H groups in total. The highest BCUT2D eigenvalue weighted by Crippen LogP contribution is 2.19. The first-order valence-corrected chi connectivity index (χ1v) is 9.90. The van der Waals surface area contributed by atoms with Crippen molar-refractivity contribution in [2.45, 2.75) is 18.7 Å². The number of anilines is 2. The number of sulfonamides is 1. The Morgan fingerprint density at radius 1 is 0.852 bits per heavy atom. The average Bonchev–Trinajstić information content (AvgIpc) is 2.63. The van der Waals surface area contributed by atoms with Crippen molar-refractivity contribution in [3.8, 4) is 0 Å². The van der Waals surface area contributed by atoms with E-state index in [2.05, 4.69) is 10.0 Å². The molecule has 0 aromatic heterocycles. The van der Waals surface area contributed by atoms with Crippen LogP contribution in [0.5, 0.6) is 0 Å². The average molecular weight is 380 g/mol. The standard InChI is InChI=1S/C21H20N2O3S/c1-15-7-5-10-18(13-15)23-27(25,26)19-11-6-9-17(14-19)21(24)22-20-12-4-3-8-16(20)2/h3-14,23H,1-2H3,(H,22,24). The van der Waals surface area contributed by atoms with Gasteiger partial charge in [0.2, 0.25) is 0 Å². The Morgan fingerprint density at radius 2 is 1.59 bits per heavy atom. The van der Waals surface area contributed by atoms with Crippen molar-refractivity contribution in [1.29, 1.82) is 0 Å². The van der Waals surface area contributed by atoms with Crippen LogP contribution < -0.4 is 10.0 Å². The van der Waals surface area contributed by atoms with Crippen LogP contribution in [0.25, 0.3) is 0 Å². The fourth-order valence-corrected chi connectivity index (χ4v) is 3.73. The van der Waals surface area contributed by atoms with Crippen LogP contribution in [0.1, 0.15) is 21.5 Å². The molecule has 3 rings (SSSR count). The van der Waals surface area contributed by atoms with E-state index in [0.717, 1.165) is 11.1 Å². The summed E-state index contributed by atoms with van der Waals surface area (Å²) in [5.41, 5.74) is 3.31. The van der Waals surface area contributed by atoms with Gasteiger partial charge in [-0.3, -0.25) is 9.52 Å². The van der Waals surface area contributed by atoms with Crippen molar-refractivity contribution in [1.82, 2.24) is 0 Å². The highest BCUT2D eigenvalue weighted by Gasteiger charge is 2.17. The van der Waals surface area contributed by atoms with Crippen LogP contribution in [0.3, 0.4) is 0 Å². The highest BCUT2D eigenvalue weighted by atomic mass is 32.2. The predicted molar refractivity (Wildman–Crippen MR) is 108 cm³/mol. The third-order valence-electron chi connectivity index (χ3n) is 4.07. The van der Waals surface area contributed by atoms with Gasteiger partial charge in [0.05, 0.1) is 4.90 Å². The van der Waals surface area contributed by atoms with Gasteiger partial charge in [-0.2, -0.15) is 0 Å². The minimum absolute atomic E-state index is 0.0291. The molecule has 0 saturated carbocycles. The number of hydrogen-bond acceptors (Lipinski definition) is 3. The third-order valence-corrected chi connectivity index (χ3v) is 5.45. The SMILES string of the molecule is Cc1cccc(NS(=O)(=O)c2cccc(C(=O)Nc3ccccc3C)c2)c1. The molecule has 0 heterocycles. The number of para-hydroxylation sites is 1. The summed E-state index contributed by atoms with van der Waals surface area (Å²) in [7, 11) is -3.80. The van der Waals surface area contributed by atoms with Crippen LogP contribution in [0.2, 0.25) is 0 Å². The summed E-state index contributed by atoms with van der Waals surface area (Å²) in [4.78, 5) is 12.6. The molecule has 1 amide bonds. The van der Waals surface area contributed by atoms with Crippen LogP contribution in [0, 0.1) is 13.8 Å². The largest absolute Gasteiger partial charge is 0.322 e. The number of aryl methyl sites for hydroxylation is 2. The number of carbonyl (C=O) groups is 1. The lowest BCUT2D eigenvalue weighted by Gasteiger charge is -2.11. The van der Waals surface area contributed by atoms with Crippen LogP contribution >= 0.6 is 0 Å². The van der Waals surface area contributed by atoms with E-state index >= 15 is 0 Å². The van der Waals surface area contributed by atoms with E-state index in [1.807, 2.05) is 38.1 Å². The molecule has 0 radical (unpaired) electrons. The maximum Gasteiger partial charge on any atom is 0.261 e. The third kappa shape index (κ3) is 4.54. The molecule has 0 aliphatic carbocycles. The van der Waals surface area contributed by atoms with Gasteiger partial charge < -0.3 is 5.32 Å². The molecule has 0 unspecified atom stereocenters. The van der Waals surface area contributed by atoms with E-state index in [1.165, 1.54) is 12.1 Å². The van der Waals surface area contributed by atoms with E-state index in [-0.39, 0.29) is 16.4 Å². The Hall–Kier alpha value is -3.12. The van der Waals surface area contributed by atoms with Gasteiger partial charge in [-0.15, -0.1) is 0 Å². The Bertz CT molecular complexity index is 1090. The molecule has 6 heteroatoms. The van der Waals surface area contributed by atoms with E-state index in [0.29, 0.717) is 11.4 Å².